The fraction of sp³-hybridized carbons (Fsp3) is 0.115. The van der Waals surface area contributed by atoms with E-state index in [1.54, 1.807) is 12.1 Å². The molecule has 0 unspecified atom stereocenters. The molecule has 0 spiro atoms. The number of halogens is 1. The molecule has 1 aromatic heterocycles. The number of aromatic nitrogens is 1. The summed E-state index contributed by atoms with van der Waals surface area (Å²) in [4.78, 5) is 13.7. The van der Waals surface area contributed by atoms with E-state index < -0.39 is 0 Å². The van der Waals surface area contributed by atoms with E-state index in [1.165, 1.54) is 21.3 Å². The van der Waals surface area contributed by atoms with Gasteiger partial charge in [-0.2, -0.15) is 0 Å². The Morgan fingerprint density at radius 1 is 0.812 bits per heavy atom. The van der Waals surface area contributed by atoms with Crippen LogP contribution in [0.5, 0.6) is 17.2 Å². The van der Waals surface area contributed by atoms with Crippen LogP contribution >= 0.6 is 11.6 Å². The minimum atomic E-state index is -0.163. The van der Waals surface area contributed by atoms with Gasteiger partial charge in [0.1, 0.15) is 0 Å². The molecule has 0 saturated carbocycles. The molecule has 32 heavy (non-hydrogen) atoms. The lowest BCUT2D eigenvalue weighted by Gasteiger charge is -2.14. The summed E-state index contributed by atoms with van der Waals surface area (Å²) in [6, 6.07) is 20.6. The van der Waals surface area contributed by atoms with E-state index in [1.807, 2.05) is 71.6 Å². The Kier molecular flexibility index (Phi) is 6.19. The van der Waals surface area contributed by atoms with Crippen molar-refractivity contribution in [2.75, 3.05) is 21.3 Å². The van der Waals surface area contributed by atoms with Crippen molar-refractivity contribution in [1.82, 2.24) is 4.57 Å². The van der Waals surface area contributed by atoms with Crippen LogP contribution in [0.3, 0.4) is 0 Å². The average Bonchev–Trinajstić information content (AvgIpc) is 3.28. The van der Waals surface area contributed by atoms with E-state index in [0.29, 0.717) is 33.4 Å². The lowest BCUT2D eigenvalue weighted by atomic mass is 9.97. The SMILES string of the molecule is COc1cc(C(=O)c2cn(-c3cccc(Cl)c3)cc2-c2ccccc2)cc(OC)c1OC. The molecule has 0 amide bonds. The van der Waals surface area contributed by atoms with E-state index in [2.05, 4.69) is 0 Å². The second kappa shape index (κ2) is 9.20. The van der Waals surface area contributed by atoms with Crippen LogP contribution < -0.4 is 14.2 Å². The largest absolute Gasteiger partial charge is 0.493 e. The Labute approximate surface area is 191 Å². The smallest absolute Gasteiger partial charge is 0.203 e. The Balaban J connectivity index is 1.88. The third kappa shape index (κ3) is 4.07. The molecule has 0 aliphatic heterocycles. The van der Waals surface area contributed by atoms with Gasteiger partial charge in [-0.15, -0.1) is 0 Å². The summed E-state index contributed by atoms with van der Waals surface area (Å²) in [5, 5.41) is 0.620. The predicted octanol–water partition coefficient (Wildman–Crippen LogP) is 6.05. The lowest BCUT2D eigenvalue weighted by Crippen LogP contribution is -2.04. The number of hydrogen-bond acceptors (Lipinski definition) is 4. The van der Waals surface area contributed by atoms with Crippen LogP contribution in [0.1, 0.15) is 15.9 Å². The minimum absolute atomic E-state index is 0.163. The molecule has 4 aromatic rings. The zero-order valence-electron chi connectivity index (χ0n) is 18.0. The highest BCUT2D eigenvalue weighted by molar-refractivity contribution is 6.30. The summed E-state index contributed by atoms with van der Waals surface area (Å²) >= 11 is 6.19. The number of ketones is 1. The lowest BCUT2D eigenvalue weighted by molar-refractivity contribution is 0.103. The molecule has 6 heteroatoms. The van der Waals surface area contributed by atoms with Gasteiger partial charge in [-0.3, -0.25) is 4.79 Å². The van der Waals surface area contributed by atoms with Crippen molar-refractivity contribution in [2.24, 2.45) is 0 Å². The Bertz CT molecular complexity index is 1240. The Hall–Kier alpha value is -3.70. The molecule has 1 heterocycles. The highest BCUT2D eigenvalue weighted by Crippen LogP contribution is 2.39. The van der Waals surface area contributed by atoms with E-state index >= 15 is 0 Å². The molecule has 4 rings (SSSR count). The van der Waals surface area contributed by atoms with Crippen LogP contribution in [-0.4, -0.2) is 31.7 Å². The van der Waals surface area contributed by atoms with Crippen molar-refractivity contribution in [3.63, 3.8) is 0 Å². The highest BCUT2D eigenvalue weighted by Gasteiger charge is 2.22. The third-order valence-corrected chi connectivity index (χ3v) is 5.42. The normalized spacial score (nSPS) is 10.6. The molecule has 5 nitrogen and oxygen atoms in total. The van der Waals surface area contributed by atoms with Crippen molar-refractivity contribution in [3.8, 4) is 34.1 Å². The Morgan fingerprint density at radius 3 is 2.09 bits per heavy atom. The summed E-state index contributed by atoms with van der Waals surface area (Å²) in [6.07, 6.45) is 3.76. The highest BCUT2D eigenvalue weighted by atomic mass is 35.5. The first-order chi connectivity index (χ1) is 15.5. The Morgan fingerprint density at radius 2 is 1.50 bits per heavy atom. The summed E-state index contributed by atoms with van der Waals surface area (Å²) in [5.41, 5.74) is 3.58. The summed E-state index contributed by atoms with van der Waals surface area (Å²) in [6.45, 7) is 0. The van der Waals surface area contributed by atoms with E-state index in [9.17, 15) is 4.79 Å². The fourth-order valence-electron chi connectivity index (χ4n) is 3.64. The number of ether oxygens (including phenoxy) is 3. The van der Waals surface area contributed by atoms with Gasteiger partial charge in [0.15, 0.2) is 17.3 Å². The second-order valence-electron chi connectivity index (χ2n) is 7.08. The van der Waals surface area contributed by atoms with Crippen molar-refractivity contribution in [1.29, 1.82) is 0 Å². The van der Waals surface area contributed by atoms with Crippen LogP contribution in [0.4, 0.5) is 0 Å². The molecule has 0 aliphatic rings. The third-order valence-electron chi connectivity index (χ3n) is 5.19. The molecule has 162 valence electrons. The number of methoxy groups -OCH3 is 3. The van der Waals surface area contributed by atoms with Gasteiger partial charge < -0.3 is 18.8 Å². The van der Waals surface area contributed by atoms with Gasteiger partial charge in [-0.25, -0.2) is 0 Å². The van der Waals surface area contributed by atoms with Gasteiger partial charge in [-0.1, -0.05) is 48.0 Å². The zero-order chi connectivity index (χ0) is 22.7. The van der Waals surface area contributed by atoms with Gasteiger partial charge in [0.25, 0.3) is 0 Å². The standard InChI is InChI=1S/C26H22ClNO4/c1-30-23-12-18(13-24(31-2)26(23)32-3)25(29)22-16-28(20-11-7-10-19(27)14-20)15-21(22)17-8-5-4-6-9-17/h4-16H,1-3H3. The molecule has 0 N–H and O–H groups in total. The summed E-state index contributed by atoms with van der Waals surface area (Å²) < 4.78 is 18.2. The van der Waals surface area contributed by atoms with Gasteiger partial charge in [0, 0.05) is 39.8 Å². The first-order valence-electron chi connectivity index (χ1n) is 9.93. The molecule has 3 aromatic carbocycles. The molecular formula is C26H22ClNO4. The van der Waals surface area contributed by atoms with Gasteiger partial charge in [0.05, 0.1) is 21.3 Å². The van der Waals surface area contributed by atoms with Crippen LogP contribution in [0.2, 0.25) is 5.02 Å². The van der Waals surface area contributed by atoms with Crippen molar-refractivity contribution in [2.45, 2.75) is 0 Å². The maximum absolute atomic E-state index is 13.7. The summed E-state index contributed by atoms with van der Waals surface area (Å²) in [7, 11) is 4.58. The topological polar surface area (TPSA) is 49.7 Å². The van der Waals surface area contributed by atoms with Crippen LogP contribution in [0.25, 0.3) is 16.8 Å². The summed E-state index contributed by atoms with van der Waals surface area (Å²) in [5.74, 6) is 1.12. The van der Waals surface area contributed by atoms with Gasteiger partial charge >= 0.3 is 0 Å². The minimum Gasteiger partial charge on any atom is -0.493 e. The number of rotatable bonds is 7. The molecule has 0 atom stereocenters. The average molecular weight is 448 g/mol. The maximum atomic E-state index is 13.7. The molecule has 0 radical (unpaired) electrons. The maximum Gasteiger partial charge on any atom is 0.203 e. The molecule has 0 fully saturated rings. The van der Waals surface area contributed by atoms with E-state index in [0.717, 1.165) is 16.8 Å². The first kappa shape index (κ1) is 21.5. The first-order valence-corrected chi connectivity index (χ1v) is 10.3. The molecular weight excluding hydrogens is 426 g/mol. The van der Waals surface area contributed by atoms with E-state index in [4.69, 9.17) is 25.8 Å². The van der Waals surface area contributed by atoms with Crippen molar-refractivity contribution >= 4 is 17.4 Å². The predicted molar refractivity (Wildman–Crippen MR) is 126 cm³/mol. The van der Waals surface area contributed by atoms with Crippen LogP contribution in [-0.2, 0) is 0 Å². The molecule has 0 saturated heterocycles. The van der Waals surface area contributed by atoms with E-state index in [-0.39, 0.29) is 5.78 Å². The number of carbonyl (C=O) groups excluding carboxylic acids is 1. The van der Waals surface area contributed by atoms with Crippen molar-refractivity contribution < 1.29 is 19.0 Å². The molecule has 0 aliphatic carbocycles. The van der Waals surface area contributed by atoms with Gasteiger partial charge in [0.2, 0.25) is 5.75 Å². The monoisotopic (exact) mass is 447 g/mol. The molecule has 0 bridgehead atoms. The van der Waals surface area contributed by atoms with Crippen molar-refractivity contribution in [3.05, 3.63) is 95.3 Å². The second-order valence-corrected chi connectivity index (χ2v) is 7.52. The van der Waals surface area contributed by atoms with Gasteiger partial charge in [-0.05, 0) is 35.9 Å². The number of hydrogen-bond donors (Lipinski definition) is 0. The number of carbonyl (C=O) groups is 1. The van der Waals surface area contributed by atoms with Crippen LogP contribution in [0, 0.1) is 0 Å². The fourth-order valence-corrected chi connectivity index (χ4v) is 3.82. The van der Waals surface area contributed by atoms with Crippen LogP contribution in [0.15, 0.2) is 79.1 Å². The number of nitrogens with zero attached hydrogens (tertiary/aromatic N) is 1. The zero-order valence-corrected chi connectivity index (χ0v) is 18.7. The quantitative estimate of drug-likeness (QED) is 0.323. The number of benzene rings is 3.